The molecule has 0 aromatic heterocycles. The number of unbranched alkanes of at least 4 members (excludes halogenated alkanes) is 41. The SMILES string of the molecule is CCCC/C=C\CCCCCCCC(=O)OC(/C=C\CCCCCCCCCCCC)C(COP(=O)(O)OCC[N+](C)(C)C)NC(=O)CCCCCCCCCCCCCCCCCCCCCCCCCCC. The van der Waals surface area contributed by atoms with Gasteiger partial charge in [0, 0.05) is 12.8 Å². The van der Waals surface area contributed by atoms with Crippen molar-refractivity contribution >= 4 is 19.7 Å². The molecular weight excluding hydrogens is 940 g/mol. The van der Waals surface area contributed by atoms with E-state index in [0.29, 0.717) is 17.4 Å². The molecule has 0 saturated heterocycles. The third-order valence-corrected chi connectivity index (χ3v) is 15.6. The summed E-state index contributed by atoms with van der Waals surface area (Å²) in [6.45, 7) is 7.01. The monoisotopic (exact) mass is 1070 g/mol. The number of rotatable bonds is 59. The van der Waals surface area contributed by atoms with Crippen molar-refractivity contribution in [1.29, 1.82) is 0 Å². The number of phosphoric ester groups is 1. The fourth-order valence-corrected chi connectivity index (χ4v) is 10.4. The molecule has 0 fully saturated rings. The van der Waals surface area contributed by atoms with E-state index >= 15 is 0 Å². The maximum absolute atomic E-state index is 13.5. The second-order valence-electron chi connectivity index (χ2n) is 23.3. The number of quaternary nitrogens is 1. The topological polar surface area (TPSA) is 111 Å². The van der Waals surface area contributed by atoms with Crippen LogP contribution in [-0.2, 0) is 27.9 Å². The zero-order chi connectivity index (χ0) is 54.3. The maximum Gasteiger partial charge on any atom is 0.472 e. The van der Waals surface area contributed by atoms with Crippen molar-refractivity contribution in [3.05, 3.63) is 24.3 Å². The number of amides is 1. The molecule has 0 bridgehead atoms. The van der Waals surface area contributed by atoms with E-state index in [0.717, 1.165) is 83.5 Å². The van der Waals surface area contributed by atoms with Crippen LogP contribution >= 0.6 is 7.82 Å². The first-order valence-electron chi connectivity index (χ1n) is 32.2. The molecule has 9 nitrogen and oxygen atoms in total. The van der Waals surface area contributed by atoms with Crippen LogP contribution in [0.5, 0.6) is 0 Å². The smallest absolute Gasteiger partial charge is 0.456 e. The summed E-state index contributed by atoms with van der Waals surface area (Å²) < 4.78 is 30.7. The molecule has 0 radical (unpaired) electrons. The zero-order valence-corrected chi connectivity index (χ0v) is 51.0. The number of phosphoric acid groups is 1. The summed E-state index contributed by atoms with van der Waals surface area (Å²) in [5.74, 6) is -0.501. The Morgan fingerprint density at radius 1 is 0.459 bits per heavy atom. The summed E-state index contributed by atoms with van der Waals surface area (Å²) in [6.07, 6.45) is 64.8. The van der Waals surface area contributed by atoms with Crippen LogP contribution in [0.2, 0.25) is 0 Å². The molecule has 0 aromatic rings. The number of likely N-dealkylation sites (N-methyl/N-ethyl adjacent to an activating group) is 1. The fourth-order valence-electron chi connectivity index (χ4n) is 9.63. The lowest BCUT2D eigenvalue weighted by Gasteiger charge is -2.27. The lowest BCUT2D eigenvalue weighted by Crippen LogP contribution is -2.47. The molecule has 3 unspecified atom stereocenters. The molecule has 0 aromatic carbocycles. The van der Waals surface area contributed by atoms with Gasteiger partial charge in [-0.25, -0.2) is 4.57 Å². The highest BCUT2D eigenvalue weighted by molar-refractivity contribution is 7.47. The second kappa shape index (κ2) is 54.8. The van der Waals surface area contributed by atoms with Gasteiger partial charge in [0.2, 0.25) is 5.91 Å². The fraction of sp³-hybridized carbons (Fsp3) is 0.906. The van der Waals surface area contributed by atoms with Crippen molar-refractivity contribution in [1.82, 2.24) is 5.32 Å². The Morgan fingerprint density at radius 3 is 1.19 bits per heavy atom. The molecule has 10 heteroatoms. The molecule has 2 N–H and O–H groups in total. The van der Waals surface area contributed by atoms with Gasteiger partial charge < -0.3 is 19.4 Å². The number of hydrogen-bond donors (Lipinski definition) is 2. The van der Waals surface area contributed by atoms with Gasteiger partial charge in [-0.2, -0.15) is 0 Å². The summed E-state index contributed by atoms with van der Waals surface area (Å²) in [7, 11) is 1.51. The number of nitrogens with zero attached hydrogens (tertiary/aromatic N) is 1. The van der Waals surface area contributed by atoms with Gasteiger partial charge in [-0.05, 0) is 51.0 Å². The van der Waals surface area contributed by atoms with Crippen LogP contribution in [0.1, 0.15) is 323 Å². The predicted octanol–water partition coefficient (Wildman–Crippen LogP) is 19.7. The van der Waals surface area contributed by atoms with Crippen LogP contribution in [0.4, 0.5) is 0 Å². The van der Waals surface area contributed by atoms with Crippen molar-refractivity contribution in [2.24, 2.45) is 0 Å². The molecule has 0 aliphatic heterocycles. The third kappa shape index (κ3) is 55.3. The number of ether oxygens (including phenoxy) is 1. The number of nitrogens with one attached hydrogen (secondary N) is 1. The molecular formula is C64H126N2O7P+. The Hall–Kier alpha value is -1.51. The minimum atomic E-state index is -4.44. The van der Waals surface area contributed by atoms with Crippen molar-refractivity contribution in [3.8, 4) is 0 Å². The van der Waals surface area contributed by atoms with E-state index in [1.54, 1.807) is 0 Å². The van der Waals surface area contributed by atoms with E-state index < -0.39 is 20.0 Å². The molecule has 0 rings (SSSR count). The average molecular weight is 1070 g/mol. The first kappa shape index (κ1) is 72.5. The van der Waals surface area contributed by atoms with Crippen molar-refractivity contribution in [2.45, 2.75) is 335 Å². The highest BCUT2D eigenvalue weighted by Gasteiger charge is 2.30. The summed E-state index contributed by atoms with van der Waals surface area (Å²) in [6, 6.07) is -0.845. The van der Waals surface area contributed by atoms with Gasteiger partial charge in [-0.3, -0.25) is 18.6 Å². The summed E-state index contributed by atoms with van der Waals surface area (Å²) >= 11 is 0. The van der Waals surface area contributed by atoms with Crippen LogP contribution in [0.25, 0.3) is 0 Å². The second-order valence-corrected chi connectivity index (χ2v) is 24.7. The van der Waals surface area contributed by atoms with Gasteiger partial charge in [-0.15, -0.1) is 0 Å². The van der Waals surface area contributed by atoms with E-state index in [9.17, 15) is 19.0 Å². The molecule has 74 heavy (non-hydrogen) atoms. The van der Waals surface area contributed by atoms with Gasteiger partial charge in [0.25, 0.3) is 0 Å². The van der Waals surface area contributed by atoms with Crippen LogP contribution in [0.3, 0.4) is 0 Å². The van der Waals surface area contributed by atoms with E-state index in [4.69, 9.17) is 13.8 Å². The van der Waals surface area contributed by atoms with E-state index in [1.807, 2.05) is 33.3 Å². The van der Waals surface area contributed by atoms with Crippen LogP contribution in [0, 0.1) is 0 Å². The largest absolute Gasteiger partial charge is 0.472 e. The Balaban J connectivity index is 4.99. The molecule has 0 aliphatic rings. The van der Waals surface area contributed by atoms with Gasteiger partial charge >= 0.3 is 13.8 Å². The predicted molar refractivity (Wildman–Crippen MR) is 319 cm³/mol. The number of esters is 1. The van der Waals surface area contributed by atoms with Crippen LogP contribution in [0.15, 0.2) is 24.3 Å². The quantitative estimate of drug-likeness (QED) is 0.0205. The first-order valence-corrected chi connectivity index (χ1v) is 33.7. The third-order valence-electron chi connectivity index (χ3n) is 14.6. The van der Waals surface area contributed by atoms with Crippen molar-refractivity contribution < 1.29 is 37.3 Å². The van der Waals surface area contributed by atoms with Crippen LogP contribution in [-0.4, -0.2) is 74.3 Å². The standard InChI is InChI=1S/C64H125N2O7P/c1-7-10-13-16-19-22-25-27-28-29-30-31-32-33-34-35-36-37-38-39-42-44-47-50-53-56-63(67)65-61(60-72-74(69,70)71-59-58-66(4,5)6)62(55-52-49-46-43-41-26-23-20-17-14-11-8-2)73-64(68)57-54-51-48-45-40-24-21-18-15-12-9-3/h18,21,52,55,61-62H,7-17,19-20,22-51,53-54,56-60H2,1-6H3,(H-,65,67,69,70)/p+1/b21-18-,55-52-. The molecule has 0 heterocycles. The van der Waals surface area contributed by atoms with Gasteiger partial charge in [0.15, 0.2) is 0 Å². The normalized spacial score (nSPS) is 13.8. The van der Waals surface area contributed by atoms with E-state index in [-0.39, 0.29) is 31.5 Å². The lowest BCUT2D eigenvalue weighted by atomic mass is 10.0. The van der Waals surface area contributed by atoms with Crippen molar-refractivity contribution in [3.63, 3.8) is 0 Å². The average Bonchev–Trinajstić information content (AvgIpc) is 3.36. The minimum Gasteiger partial charge on any atom is -0.456 e. The highest BCUT2D eigenvalue weighted by Crippen LogP contribution is 2.43. The highest BCUT2D eigenvalue weighted by atomic mass is 31.2. The Morgan fingerprint density at radius 2 is 0.797 bits per heavy atom. The molecule has 0 aliphatic carbocycles. The molecule has 1 amide bonds. The van der Waals surface area contributed by atoms with Gasteiger partial charge in [0.05, 0.1) is 33.8 Å². The van der Waals surface area contributed by atoms with Gasteiger partial charge in [0.1, 0.15) is 19.3 Å². The van der Waals surface area contributed by atoms with E-state index in [1.165, 1.54) is 205 Å². The Bertz CT molecular complexity index is 1320. The van der Waals surface area contributed by atoms with Crippen LogP contribution < -0.4 is 5.32 Å². The number of carbonyl (C=O) groups is 2. The summed E-state index contributed by atoms with van der Waals surface area (Å²) in [4.78, 5) is 37.6. The molecule has 0 saturated carbocycles. The Labute approximate surface area is 460 Å². The molecule has 438 valence electrons. The zero-order valence-electron chi connectivity index (χ0n) is 50.1. The number of allylic oxidation sites excluding steroid dienone is 3. The lowest BCUT2D eigenvalue weighted by molar-refractivity contribution is -0.870. The first-order chi connectivity index (χ1) is 35.9. The summed E-state index contributed by atoms with van der Waals surface area (Å²) in [5.41, 5.74) is 0. The minimum absolute atomic E-state index is 0.0424. The van der Waals surface area contributed by atoms with Gasteiger partial charge in [-0.1, -0.05) is 283 Å². The molecule has 3 atom stereocenters. The van der Waals surface area contributed by atoms with Crippen molar-refractivity contribution in [2.75, 3.05) is 40.9 Å². The summed E-state index contributed by atoms with van der Waals surface area (Å²) in [5, 5.41) is 3.06. The van der Waals surface area contributed by atoms with E-state index in [2.05, 4.69) is 38.2 Å². The molecule has 0 spiro atoms. The Kier molecular flexibility index (Phi) is 53.7. The maximum atomic E-state index is 13.5. The number of carbonyl (C=O) groups excluding carboxylic acids is 2. The number of hydrogen-bond acceptors (Lipinski definition) is 6.